The van der Waals surface area contributed by atoms with Crippen molar-refractivity contribution >= 4 is 58.2 Å². The maximum atomic E-state index is 11.8. The molecule has 0 spiro atoms. The van der Waals surface area contributed by atoms with Crippen LogP contribution in [0.15, 0.2) is 73.4 Å². The molecule has 0 heterocycles. The summed E-state index contributed by atoms with van der Waals surface area (Å²) in [5.74, 6) is 0. The van der Waals surface area contributed by atoms with E-state index in [-0.39, 0.29) is 16.5 Å². The van der Waals surface area contributed by atoms with Crippen molar-refractivity contribution in [2.45, 2.75) is 14.7 Å². The van der Waals surface area contributed by atoms with Crippen LogP contribution in [0, 0.1) is 0 Å². The van der Waals surface area contributed by atoms with E-state index in [9.17, 15) is 38.9 Å². The van der Waals surface area contributed by atoms with Crippen molar-refractivity contribution in [2.24, 2.45) is 10.2 Å². The zero-order chi connectivity index (χ0) is 23.2. The summed E-state index contributed by atoms with van der Waals surface area (Å²) in [6.45, 7) is 0. The molecule has 164 valence electrons. The number of anilines is 1. The Hall–Kier alpha value is -2.95. The molecule has 3 aromatic carbocycles. The smallest absolute Gasteiger partial charge is 0.296 e. The van der Waals surface area contributed by atoms with Crippen LogP contribution >= 0.6 is 0 Å². The summed E-state index contributed by atoms with van der Waals surface area (Å²) in [6.07, 6.45) is 0. The Labute approximate surface area is 176 Å². The fraction of sp³-hybridized carbons (Fsp3) is 0. The summed E-state index contributed by atoms with van der Waals surface area (Å²) in [6, 6.07) is 8.74. The number of rotatable bonds is 5. The van der Waals surface area contributed by atoms with E-state index in [2.05, 4.69) is 10.2 Å². The number of nitrogens with zero attached hydrogens (tertiary/aromatic N) is 2. The van der Waals surface area contributed by atoms with E-state index in [0.717, 1.165) is 18.2 Å². The van der Waals surface area contributed by atoms with E-state index in [1.165, 1.54) is 24.3 Å². The molecule has 3 rings (SSSR count). The van der Waals surface area contributed by atoms with Crippen molar-refractivity contribution in [1.29, 1.82) is 0 Å². The van der Waals surface area contributed by atoms with Gasteiger partial charge >= 0.3 is 0 Å². The number of hydrogen-bond donors (Lipinski definition) is 4. The van der Waals surface area contributed by atoms with Gasteiger partial charge in [-0.25, -0.2) is 0 Å². The molecule has 0 saturated carbocycles. The molecule has 3 aromatic rings. The first-order valence-electron chi connectivity index (χ1n) is 7.98. The number of fused-ring (bicyclic) bond motifs is 1. The SMILES string of the molecule is Nc1ccc(N=Nc2cc3c(S(=O)(=O)O)cc(S(=O)(=O)O)cc3cc2S(=O)(=O)O)cc1. The Morgan fingerprint density at radius 1 is 0.677 bits per heavy atom. The van der Waals surface area contributed by atoms with E-state index in [0.29, 0.717) is 11.8 Å². The molecule has 0 aliphatic carbocycles. The summed E-state index contributed by atoms with van der Waals surface area (Å²) in [5.41, 5.74) is 5.72. The third-order valence-corrected chi connectivity index (χ3v) is 6.60. The molecule has 15 heteroatoms. The molecule has 0 aromatic heterocycles. The minimum atomic E-state index is -5.02. The van der Waals surface area contributed by atoms with Gasteiger partial charge in [-0.2, -0.15) is 30.4 Å². The third-order valence-electron chi connectivity index (χ3n) is 3.99. The van der Waals surface area contributed by atoms with Crippen molar-refractivity contribution in [3.63, 3.8) is 0 Å². The Morgan fingerprint density at radius 2 is 1.26 bits per heavy atom. The minimum absolute atomic E-state index is 0.243. The lowest BCUT2D eigenvalue weighted by Gasteiger charge is -2.10. The maximum Gasteiger partial charge on any atom is 0.296 e. The van der Waals surface area contributed by atoms with Crippen LogP contribution in [-0.2, 0) is 30.4 Å². The second kappa shape index (κ2) is 7.63. The average molecular weight is 487 g/mol. The Morgan fingerprint density at radius 3 is 1.77 bits per heavy atom. The summed E-state index contributed by atoms with van der Waals surface area (Å²) < 4.78 is 98.4. The largest absolute Gasteiger partial charge is 0.399 e. The van der Waals surface area contributed by atoms with Crippen molar-refractivity contribution in [1.82, 2.24) is 0 Å². The molecule has 0 unspecified atom stereocenters. The third kappa shape index (κ3) is 5.04. The van der Waals surface area contributed by atoms with Crippen LogP contribution in [0.2, 0.25) is 0 Å². The molecule has 0 radical (unpaired) electrons. The standard InChI is InChI=1S/C16H13N3O9S3/c17-10-1-3-11(4-2-10)18-19-14-8-13-9(6-16(14)31(26,27)28)5-12(29(20,21)22)7-15(13)30(23,24)25/h1-8H,17H2,(H,20,21,22)(H,23,24,25)(H,26,27,28). The van der Waals surface area contributed by atoms with Crippen LogP contribution in [0.3, 0.4) is 0 Å². The van der Waals surface area contributed by atoms with Crippen LogP contribution in [0.4, 0.5) is 17.1 Å². The highest BCUT2D eigenvalue weighted by Gasteiger charge is 2.24. The van der Waals surface area contributed by atoms with Crippen molar-refractivity contribution in [2.75, 3.05) is 5.73 Å². The first-order chi connectivity index (χ1) is 14.2. The van der Waals surface area contributed by atoms with Gasteiger partial charge < -0.3 is 5.73 Å². The van der Waals surface area contributed by atoms with E-state index in [1.807, 2.05) is 0 Å². The topological polar surface area (TPSA) is 214 Å². The number of nitrogen functional groups attached to an aromatic ring is 1. The van der Waals surface area contributed by atoms with E-state index >= 15 is 0 Å². The lowest BCUT2D eigenvalue weighted by molar-refractivity contribution is 0.480. The highest BCUT2D eigenvalue weighted by atomic mass is 32.2. The number of nitrogens with two attached hydrogens (primary N) is 1. The highest BCUT2D eigenvalue weighted by molar-refractivity contribution is 7.87. The van der Waals surface area contributed by atoms with Crippen LogP contribution in [0.1, 0.15) is 0 Å². The molecular formula is C16H13N3O9S3. The fourth-order valence-electron chi connectivity index (χ4n) is 2.62. The molecular weight excluding hydrogens is 474 g/mol. The monoisotopic (exact) mass is 487 g/mol. The zero-order valence-electron chi connectivity index (χ0n) is 15.1. The number of hydrogen-bond acceptors (Lipinski definition) is 9. The Balaban J connectivity index is 2.38. The highest BCUT2D eigenvalue weighted by Crippen LogP contribution is 2.35. The van der Waals surface area contributed by atoms with Crippen molar-refractivity contribution in [3.8, 4) is 0 Å². The van der Waals surface area contributed by atoms with Gasteiger partial charge in [-0.3, -0.25) is 13.7 Å². The molecule has 0 fully saturated rings. The van der Waals surface area contributed by atoms with Crippen LogP contribution < -0.4 is 5.73 Å². The van der Waals surface area contributed by atoms with Crippen LogP contribution in [0.5, 0.6) is 0 Å². The molecule has 0 aliphatic rings. The number of azo groups is 1. The predicted octanol–water partition coefficient (Wildman–Crippen LogP) is 2.58. The first-order valence-corrected chi connectivity index (χ1v) is 12.3. The van der Waals surface area contributed by atoms with Gasteiger partial charge in [-0.05, 0) is 53.9 Å². The lowest BCUT2D eigenvalue weighted by atomic mass is 10.1. The van der Waals surface area contributed by atoms with Crippen molar-refractivity contribution < 1.29 is 38.9 Å². The van der Waals surface area contributed by atoms with Gasteiger partial charge in [0.25, 0.3) is 30.4 Å². The normalized spacial score (nSPS) is 13.1. The molecule has 31 heavy (non-hydrogen) atoms. The quantitative estimate of drug-likeness (QED) is 0.234. The Bertz CT molecular complexity index is 1550. The second-order valence-electron chi connectivity index (χ2n) is 6.18. The predicted molar refractivity (Wildman–Crippen MR) is 108 cm³/mol. The summed E-state index contributed by atoms with van der Waals surface area (Å²) in [7, 11) is -14.9. The van der Waals surface area contributed by atoms with Gasteiger partial charge in [-0.15, -0.1) is 5.11 Å². The van der Waals surface area contributed by atoms with E-state index < -0.39 is 50.7 Å². The summed E-state index contributed by atoms with van der Waals surface area (Å²) in [4.78, 5) is -2.69. The average Bonchev–Trinajstić information content (AvgIpc) is 2.63. The molecule has 0 bridgehead atoms. The van der Waals surface area contributed by atoms with E-state index in [1.54, 1.807) is 0 Å². The molecule has 0 amide bonds. The van der Waals surface area contributed by atoms with Crippen LogP contribution in [-0.4, -0.2) is 38.9 Å². The van der Waals surface area contributed by atoms with Gasteiger partial charge in [-0.1, -0.05) is 0 Å². The summed E-state index contributed by atoms with van der Waals surface area (Å²) >= 11 is 0. The second-order valence-corrected chi connectivity index (χ2v) is 10.4. The van der Waals surface area contributed by atoms with E-state index in [4.69, 9.17) is 5.73 Å². The fourth-order valence-corrected chi connectivity index (χ4v) is 4.61. The molecule has 12 nitrogen and oxygen atoms in total. The maximum absolute atomic E-state index is 11.8. The molecule has 0 aliphatic heterocycles. The zero-order valence-corrected chi connectivity index (χ0v) is 17.6. The van der Waals surface area contributed by atoms with Gasteiger partial charge in [0.05, 0.1) is 10.6 Å². The minimum Gasteiger partial charge on any atom is -0.399 e. The first kappa shape index (κ1) is 22.7. The lowest BCUT2D eigenvalue weighted by Crippen LogP contribution is -2.05. The van der Waals surface area contributed by atoms with Gasteiger partial charge in [0.1, 0.15) is 15.5 Å². The van der Waals surface area contributed by atoms with Gasteiger partial charge in [0.15, 0.2) is 0 Å². The van der Waals surface area contributed by atoms with Crippen LogP contribution in [0.25, 0.3) is 10.8 Å². The molecule has 0 saturated heterocycles. The number of benzene rings is 3. The van der Waals surface area contributed by atoms with Gasteiger partial charge in [0.2, 0.25) is 0 Å². The Kier molecular flexibility index (Phi) is 5.59. The van der Waals surface area contributed by atoms with Gasteiger partial charge in [0, 0.05) is 11.1 Å². The molecule has 0 atom stereocenters. The molecule has 5 N–H and O–H groups in total. The summed E-state index contributed by atoms with van der Waals surface area (Å²) in [5, 5.41) is 6.83. The van der Waals surface area contributed by atoms with Crippen molar-refractivity contribution in [3.05, 3.63) is 48.5 Å².